The molecule has 0 spiro atoms. The molecule has 0 aliphatic carbocycles. The zero-order chi connectivity index (χ0) is 43.5. The number of unbranched alkanes of at least 4 members (excludes halogenated alkanes) is 23. The fourth-order valence-electron chi connectivity index (χ4n) is 6.94. The molecule has 0 aliphatic rings. The van der Waals surface area contributed by atoms with Gasteiger partial charge in [0, 0.05) is 19.4 Å². The van der Waals surface area contributed by atoms with Crippen LogP contribution in [0, 0.1) is 0 Å². The van der Waals surface area contributed by atoms with Crippen LogP contribution in [-0.4, -0.2) is 37.9 Å². The number of esters is 2. The molecule has 1 atom stereocenters. The minimum absolute atomic E-state index is 0.0623. The van der Waals surface area contributed by atoms with Crippen molar-refractivity contribution < 1.29 is 23.8 Å². The highest BCUT2D eigenvalue weighted by molar-refractivity contribution is 5.70. The van der Waals surface area contributed by atoms with E-state index in [4.69, 9.17) is 14.2 Å². The molecule has 0 amide bonds. The van der Waals surface area contributed by atoms with Crippen molar-refractivity contribution in [1.82, 2.24) is 0 Å². The van der Waals surface area contributed by atoms with Crippen LogP contribution in [0.5, 0.6) is 0 Å². The van der Waals surface area contributed by atoms with E-state index in [1.807, 2.05) is 0 Å². The number of carbonyl (C=O) groups excluding carboxylic acids is 2. The second-order valence-corrected chi connectivity index (χ2v) is 16.7. The molecular weight excluding hydrogens is 741 g/mol. The summed E-state index contributed by atoms with van der Waals surface area (Å²) in [4.78, 5) is 25.3. The zero-order valence-electron chi connectivity index (χ0n) is 39.7. The summed E-state index contributed by atoms with van der Waals surface area (Å²) < 4.78 is 17.3. The summed E-state index contributed by atoms with van der Waals surface area (Å²) in [6, 6.07) is 0. The van der Waals surface area contributed by atoms with Gasteiger partial charge in [-0.15, -0.1) is 0 Å². The van der Waals surface area contributed by atoms with Gasteiger partial charge in [0.1, 0.15) is 6.61 Å². The molecule has 0 aromatic rings. The van der Waals surface area contributed by atoms with Gasteiger partial charge in [-0.1, -0.05) is 209 Å². The number of ether oxygens (including phenoxy) is 3. The summed E-state index contributed by atoms with van der Waals surface area (Å²) in [5.41, 5.74) is 0. The highest BCUT2D eigenvalue weighted by Gasteiger charge is 2.17. The lowest BCUT2D eigenvalue weighted by Crippen LogP contribution is -2.30. The number of allylic oxidation sites excluding steroid dienone is 12. The molecule has 0 rings (SSSR count). The van der Waals surface area contributed by atoms with E-state index < -0.39 is 6.10 Å². The van der Waals surface area contributed by atoms with Crippen molar-refractivity contribution in [3.8, 4) is 0 Å². The maximum Gasteiger partial charge on any atom is 0.306 e. The summed E-state index contributed by atoms with van der Waals surface area (Å²) in [6.45, 7) is 7.63. The van der Waals surface area contributed by atoms with E-state index in [2.05, 4.69) is 93.7 Å². The Labute approximate surface area is 372 Å². The first-order chi connectivity index (χ1) is 29.6. The molecule has 1 unspecified atom stereocenters. The number of hydrogen-bond donors (Lipinski definition) is 0. The Bertz CT molecular complexity index is 1080. The first-order valence-electron chi connectivity index (χ1n) is 25.5. The van der Waals surface area contributed by atoms with Crippen LogP contribution in [0.3, 0.4) is 0 Å². The standard InChI is InChI=1S/C55H96O5/c1-4-7-10-13-16-19-21-23-25-26-27-28-29-31-33-35-38-41-44-47-50-58-51-53(60-55(57)49-46-43-40-36-18-15-12-9-6-3)52-59-54(56)48-45-42-39-37-34-32-30-24-22-20-17-14-11-8-5-2/h8,11,16-17,19-20,23-25,30,34,37,53H,4-7,9-10,12-15,18,21-22,26-29,31-33,35-36,38-52H2,1-3H3/b11-8-,19-16-,20-17-,25-23-,30-24-,37-34-. The molecule has 5 heteroatoms. The molecule has 0 radical (unpaired) electrons. The highest BCUT2D eigenvalue weighted by atomic mass is 16.6. The fourth-order valence-corrected chi connectivity index (χ4v) is 6.94. The molecule has 0 aliphatic heterocycles. The average Bonchev–Trinajstić information content (AvgIpc) is 3.25. The number of hydrogen-bond acceptors (Lipinski definition) is 5. The molecule has 0 saturated carbocycles. The lowest BCUT2D eigenvalue weighted by atomic mass is 10.1. The predicted octanol–water partition coefficient (Wildman–Crippen LogP) is 17.1. The third-order valence-corrected chi connectivity index (χ3v) is 10.7. The molecule has 346 valence electrons. The van der Waals surface area contributed by atoms with Gasteiger partial charge in [-0.25, -0.2) is 0 Å². The molecule has 0 aromatic carbocycles. The van der Waals surface area contributed by atoms with Crippen molar-refractivity contribution in [3.05, 3.63) is 72.9 Å². The summed E-state index contributed by atoms with van der Waals surface area (Å²) in [5, 5.41) is 0. The smallest absolute Gasteiger partial charge is 0.306 e. The minimum atomic E-state index is -0.553. The Balaban J connectivity index is 4.22. The van der Waals surface area contributed by atoms with Crippen LogP contribution in [0.2, 0.25) is 0 Å². The predicted molar refractivity (Wildman–Crippen MR) is 260 cm³/mol. The van der Waals surface area contributed by atoms with Gasteiger partial charge in [0.05, 0.1) is 6.61 Å². The Morgan fingerprint density at radius 1 is 0.383 bits per heavy atom. The third kappa shape index (κ3) is 48.0. The van der Waals surface area contributed by atoms with Crippen LogP contribution in [-0.2, 0) is 23.8 Å². The molecule has 0 bridgehead atoms. The van der Waals surface area contributed by atoms with Gasteiger partial charge in [-0.2, -0.15) is 0 Å². The Kier molecular flexibility index (Phi) is 48.4. The van der Waals surface area contributed by atoms with Crippen molar-refractivity contribution >= 4 is 11.9 Å². The first-order valence-corrected chi connectivity index (χ1v) is 25.5. The maximum absolute atomic E-state index is 12.7. The number of carbonyl (C=O) groups is 2. The monoisotopic (exact) mass is 837 g/mol. The van der Waals surface area contributed by atoms with Gasteiger partial charge in [0.25, 0.3) is 0 Å². The van der Waals surface area contributed by atoms with Crippen LogP contribution in [0.4, 0.5) is 0 Å². The van der Waals surface area contributed by atoms with Crippen LogP contribution >= 0.6 is 0 Å². The molecule has 0 fully saturated rings. The maximum atomic E-state index is 12.7. The molecular formula is C55H96O5. The van der Waals surface area contributed by atoms with Crippen molar-refractivity contribution in [3.63, 3.8) is 0 Å². The van der Waals surface area contributed by atoms with Crippen LogP contribution in [0.15, 0.2) is 72.9 Å². The molecule has 60 heavy (non-hydrogen) atoms. The number of rotatable bonds is 46. The summed E-state index contributed by atoms with van der Waals surface area (Å²) in [7, 11) is 0. The topological polar surface area (TPSA) is 61.8 Å². The molecule has 0 aromatic heterocycles. The first kappa shape index (κ1) is 57.3. The van der Waals surface area contributed by atoms with Gasteiger partial charge in [-0.3, -0.25) is 9.59 Å². The van der Waals surface area contributed by atoms with E-state index in [9.17, 15) is 9.59 Å². The van der Waals surface area contributed by atoms with Crippen molar-refractivity contribution in [2.75, 3.05) is 19.8 Å². The fraction of sp³-hybridized carbons (Fsp3) is 0.745. The molecule has 0 heterocycles. The van der Waals surface area contributed by atoms with Crippen molar-refractivity contribution in [2.45, 2.75) is 245 Å². The van der Waals surface area contributed by atoms with E-state index in [-0.39, 0.29) is 25.2 Å². The van der Waals surface area contributed by atoms with Crippen molar-refractivity contribution in [2.24, 2.45) is 0 Å². The Morgan fingerprint density at radius 3 is 1.27 bits per heavy atom. The van der Waals surface area contributed by atoms with Gasteiger partial charge in [0.15, 0.2) is 6.10 Å². The van der Waals surface area contributed by atoms with E-state index in [0.29, 0.717) is 19.4 Å². The van der Waals surface area contributed by atoms with Crippen molar-refractivity contribution in [1.29, 1.82) is 0 Å². The largest absolute Gasteiger partial charge is 0.462 e. The van der Waals surface area contributed by atoms with Crippen LogP contribution in [0.25, 0.3) is 0 Å². The van der Waals surface area contributed by atoms with Gasteiger partial charge < -0.3 is 14.2 Å². The second kappa shape index (κ2) is 50.7. The molecule has 0 N–H and O–H groups in total. The van der Waals surface area contributed by atoms with Gasteiger partial charge in [-0.05, 0) is 89.9 Å². The average molecular weight is 837 g/mol. The summed E-state index contributed by atoms with van der Waals surface area (Å²) in [6.07, 6.45) is 64.9. The van der Waals surface area contributed by atoms with E-state index in [0.717, 1.165) is 77.0 Å². The summed E-state index contributed by atoms with van der Waals surface area (Å²) >= 11 is 0. The second-order valence-electron chi connectivity index (χ2n) is 16.7. The highest BCUT2D eigenvalue weighted by Crippen LogP contribution is 2.14. The third-order valence-electron chi connectivity index (χ3n) is 10.7. The van der Waals surface area contributed by atoms with Crippen LogP contribution < -0.4 is 0 Å². The summed E-state index contributed by atoms with van der Waals surface area (Å²) in [5.74, 6) is -0.446. The molecule has 5 nitrogen and oxygen atoms in total. The van der Waals surface area contributed by atoms with E-state index in [1.165, 1.54) is 128 Å². The zero-order valence-corrected chi connectivity index (χ0v) is 39.7. The lowest BCUT2D eigenvalue weighted by molar-refractivity contribution is -0.163. The van der Waals surface area contributed by atoms with E-state index in [1.54, 1.807) is 0 Å². The normalized spacial score (nSPS) is 12.8. The quantitative estimate of drug-likeness (QED) is 0.0347. The van der Waals surface area contributed by atoms with Gasteiger partial charge in [0.2, 0.25) is 0 Å². The Morgan fingerprint density at radius 2 is 0.750 bits per heavy atom. The van der Waals surface area contributed by atoms with Crippen LogP contribution in [0.1, 0.15) is 239 Å². The lowest BCUT2D eigenvalue weighted by Gasteiger charge is -2.18. The van der Waals surface area contributed by atoms with Gasteiger partial charge >= 0.3 is 11.9 Å². The Hall–Kier alpha value is -2.66. The van der Waals surface area contributed by atoms with E-state index >= 15 is 0 Å². The molecule has 0 saturated heterocycles. The SMILES string of the molecule is CC/C=C\C/C=C\C/C=C\C/C=C\CCCCC(=O)OCC(COCCCCCCCCCCCC/C=C\C/C=C\CCCCC)OC(=O)CCCCCCCCCCC. The minimum Gasteiger partial charge on any atom is -0.462 e.